The molecule has 0 radical (unpaired) electrons. The lowest BCUT2D eigenvalue weighted by atomic mass is 10.3. The van der Waals surface area contributed by atoms with Crippen LogP contribution < -0.4 is 0 Å². The molecule has 2 rings (SSSR count). The standard InChI is InChI=1S/C13H18N4O2Si/c1-20(2,3)5-4-19-9-17-13-11(12(7-14)16-17)6-10(18)8-15-13/h6,8,18H,4-5,9H2,1-3H3. The summed E-state index contributed by atoms with van der Waals surface area (Å²) in [6, 6.07) is 4.57. The number of fused-ring (bicyclic) bond motifs is 1. The first-order valence-corrected chi connectivity index (χ1v) is 10.1. The highest BCUT2D eigenvalue weighted by molar-refractivity contribution is 6.76. The normalized spacial score (nSPS) is 11.7. The molecular formula is C13H18N4O2Si. The average molecular weight is 290 g/mol. The third-order valence-electron chi connectivity index (χ3n) is 2.89. The van der Waals surface area contributed by atoms with Crippen LogP contribution in [0.2, 0.25) is 25.7 Å². The van der Waals surface area contributed by atoms with E-state index >= 15 is 0 Å². The molecule has 20 heavy (non-hydrogen) atoms. The Morgan fingerprint density at radius 1 is 1.45 bits per heavy atom. The van der Waals surface area contributed by atoms with E-state index in [9.17, 15) is 5.11 Å². The predicted molar refractivity (Wildman–Crippen MR) is 78.0 cm³/mol. The molecule has 106 valence electrons. The number of aromatic hydroxyl groups is 1. The van der Waals surface area contributed by atoms with Crippen molar-refractivity contribution in [2.24, 2.45) is 0 Å². The fourth-order valence-electron chi connectivity index (χ4n) is 1.75. The second-order valence-electron chi connectivity index (χ2n) is 5.87. The van der Waals surface area contributed by atoms with Crippen molar-refractivity contribution in [2.75, 3.05) is 6.61 Å². The van der Waals surface area contributed by atoms with Gasteiger partial charge in [0.2, 0.25) is 0 Å². The van der Waals surface area contributed by atoms with Crippen LogP contribution in [-0.2, 0) is 11.5 Å². The monoisotopic (exact) mass is 290 g/mol. The van der Waals surface area contributed by atoms with E-state index in [1.165, 1.54) is 12.3 Å². The molecule has 0 unspecified atom stereocenters. The summed E-state index contributed by atoms with van der Waals surface area (Å²) in [5.74, 6) is 0.0215. The molecule has 2 aromatic heterocycles. The van der Waals surface area contributed by atoms with Crippen molar-refractivity contribution in [3.63, 3.8) is 0 Å². The van der Waals surface area contributed by atoms with Gasteiger partial charge in [0.15, 0.2) is 11.3 Å². The number of hydrogen-bond acceptors (Lipinski definition) is 5. The van der Waals surface area contributed by atoms with Gasteiger partial charge in [-0.25, -0.2) is 9.67 Å². The van der Waals surface area contributed by atoms with Gasteiger partial charge < -0.3 is 9.84 Å². The van der Waals surface area contributed by atoms with Crippen molar-refractivity contribution < 1.29 is 9.84 Å². The summed E-state index contributed by atoms with van der Waals surface area (Å²) in [5.41, 5.74) is 0.796. The minimum Gasteiger partial charge on any atom is -0.506 e. The average Bonchev–Trinajstić information content (AvgIpc) is 2.71. The van der Waals surface area contributed by atoms with E-state index in [1.807, 2.05) is 6.07 Å². The number of nitrogens with zero attached hydrogens (tertiary/aromatic N) is 4. The van der Waals surface area contributed by atoms with E-state index < -0.39 is 8.07 Å². The summed E-state index contributed by atoms with van der Waals surface area (Å²) in [4.78, 5) is 4.10. The summed E-state index contributed by atoms with van der Waals surface area (Å²) >= 11 is 0. The lowest BCUT2D eigenvalue weighted by Crippen LogP contribution is -2.22. The van der Waals surface area contributed by atoms with E-state index in [1.54, 1.807) is 4.68 Å². The topological polar surface area (TPSA) is 84.0 Å². The molecule has 0 aliphatic heterocycles. The van der Waals surface area contributed by atoms with Gasteiger partial charge in [0.25, 0.3) is 0 Å². The van der Waals surface area contributed by atoms with E-state index in [0.29, 0.717) is 17.6 Å². The second kappa shape index (κ2) is 5.61. The predicted octanol–water partition coefficient (Wildman–Crippen LogP) is 2.32. The molecule has 0 saturated heterocycles. The number of nitriles is 1. The Labute approximate surface area is 118 Å². The Bertz CT molecular complexity index is 655. The minimum absolute atomic E-state index is 0.0215. The molecule has 0 aliphatic rings. The summed E-state index contributed by atoms with van der Waals surface area (Å²) in [5, 5.41) is 23.2. The van der Waals surface area contributed by atoms with E-state index in [4.69, 9.17) is 10.00 Å². The second-order valence-corrected chi connectivity index (χ2v) is 11.5. The minimum atomic E-state index is -1.11. The Morgan fingerprint density at radius 3 is 2.85 bits per heavy atom. The van der Waals surface area contributed by atoms with Crippen molar-refractivity contribution in [2.45, 2.75) is 32.4 Å². The lowest BCUT2D eigenvalue weighted by Gasteiger charge is -2.15. The Hall–Kier alpha value is -1.91. The third kappa shape index (κ3) is 3.34. The summed E-state index contributed by atoms with van der Waals surface area (Å²) < 4.78 is 7.17. The van der Waals surface area contributed by atoms with Gasteiger partial charge in [0, 0.05) is 14.7 Å². The van der Waals surface area contributed by atoms with Crippen LogP contribution in [0.25, 0.3) is 11.0 Å². The molecule has 6 nitrogen and oxygen atoms in total. The molecule has 0 aliphatic carbocycles. The van der Waals surface area contributed by atoms with Crippen molar-refractivity contribution in [3.05, 3.63) is 18.0 Å². The number of pyridine rings is 1. The van der Waals surface area contributed by atoms with Gasteiger partial charge in [-0.05, 0) is 12.1 Å². The zero-order chi connectivity index (χ0) is 14.8. The zero-order valence-electron chi connectivity index (χ0n) is 11.9. The fraction of sp³-hybridized carbons (Fsp3) is 0.462. The van der Waals surface area contributed by atoms with Crippen LogP contribution in [0.15, 0.2) is 12.3 Å². The van der Waals surface area contributed by atoms with Gasteiger partial charge in [-0.1, -0.05) is 19.6 Å². The highest BCUT2D eigenvalue weighted by Gasteiger charge is 2.14. The van der Waals surface area contributed by atoms with Gasteiger partial charge in [-0.2, -0.15) is 10.4 Å². The number of ether oxygens (including phenoxy) is 1. The molecule has 2 aromatic rings. The molecule has 0 bridgehead atoms. The van der Waals surface area contributed by atoms with E-state index in [2.05, 4.69) is 29.7 Å². The van der Waals surface area contributed by atoms with Gasteiger partial charge in [-0.15, -0.1) is 0 Å². The number of rotatable bonds is 5. The smallest absolute Gasteiger partial charge is 0.172 e. The molecule has 0 atom stereocenters. The van der Waals surface area contributed by atoms with E-state index in [-0.39, 0.29) is 18.2 Å². The van der Waals surface area contributed by atoms with Crippen molar-refractivity contribution in [1.29, 1.82) is 5.26 Å². The molecule has 1 N–H and O–H groups in total. The number of hydrogen-bond donors (Lipinski definition) is 1. The van der Waals surface area contributed by atoms with Crippen molar-refractivity contribution in [1.82, 2.24) is 14.8 Å². The first-order valence-electron chi connectivity index (χ1n) is 6.44. The van der Waals surface area contributed by atoms with Crippen LogP contribution in [0.4, 0.5) is 0 Å². The highest BCUT2D eigenvalue weighted by Crippen LogP contribution is 2.20. The maximum Gasteiger partial charge on any atom is 0.172 e. The lowest BCUT2D eigenvalue weighted by molar-refractivity contribution is 0.0812. The molecule has 2 heterocycles. The highest BCUT2D eigenvalue weighted by atomic mass is 28.3. The molecule has 0 aromatic carbocycles. The summed E-state index contributed by atoms with van der Waals surface area (Å²) in [6.45, 7) is 7.81. The Balaban J connectivity index is 2.13. The summed E-state index contributed by atoms with van der Waals surface area (Å²) in [6.07, 6.45) is 1.34. The van der Waals surface area contributed by atoms with Crippen molar-refractivity contribution >= 4 is 19.1 Å². The molecular weight excluding hydrogens is 272 g/mol. The first-order chi connectivity index (χ1) is 9.40. The van der Waals surface area contributed by atoms with E-state index in [0.717, 1.165) is 6.04 Å². The quantitative estimate of drug-likeness (QED) is 0.675. The molecule has 7 heteroatoms. The molecule has 0 spiro atoms. The fourth-order valence-corrected chi connectivity index (χ4v) is 2.51. The maximum absolute atomic E-state index is 9.43. The van der Waals surface area contributed by atoms with Crippen LogP contribution in [0.1, 0.15) is 5.69 Å². The summed E-state index contributed by atoms with van der Waals surface area (Å²) in [7, 11) is -1.11. The molecule has 0 amide bonds. The number of aromatic nitrogens is 3. The largest absolute Gasteiger partial charge is 0.506 e. The van der Waals surface area contributed by atoms with Crippen molar-refractivity contribution in [3.8, 4) is 11.8 Å². The first kappa shape index (κ1) is 14.5. The van der Waals surface area contributed by atoms with Crippen LogP contribution in [0.3, 0.4) is 0 Å². The molecule has 0 saturated carbocycles. The van der Waals surface area contributed by atoms with Crippen LogP contribution >= 0.6 is 0 Å². The maximum atomic E-state index is 9.43. The van der Waals surface area contributed by atoms with Crippen LogP contribution in [-0.4, -0.2) is 34.6 Å². The SMILES string of the molecule is C[Si](C)(C)CCOCn1nc(C#N)c2cc(O)cnc21. The van der Waals surface area contributed by atoms with Gasteiger partial charge in [0.1, 0.15) is 18.5 Å². The van der Waals surface area contributed by atoms with Gasteiger partial charge >= 0.3 is 0 Å². The van der Waals surface area contributed by atoms with Crippen LogP contribution in [0, 0.1) is 11.3 Å². The van der Waals surface area contributed by atoms with Gasteiger partial charge in [0.05, 0.1) is 11.6 Å². The third-order valence-corrected chi connectivity index (χ3v) is 4.59. The van der Waals surface area contributed by atoms with Crippen LogP contribution in [0.5, 0.6) is 5.75 Å². The Kier molecular flexibility index (Phi) is 4.06. The van der Waals surface area contributed by atoms with Gasteiger partial charge in [-0.3, -0.25) is 0 Å². The zero-order valence-corrected chi connectivity index (χ0v) is 12.9. The Morgan fingerprint density at radius 2 is 2.20 bits per heavy atom. The molecule has 0 fully saturated rings.